The number of hydrogen-bond acceptors (Lipinski definition) is 2. The molecule has 0 bridgehead atoms. The van der Waals surface area contributed by atoms with Gasteiger partial charge in [-0.15, -0.1) is 24.0 Å². The van der Waals surface area contributed by atoms with Crippen LogP contribution in [0.25, 0.3) is 0 Å². The number of hydrogen-bond donors (Lipinski definition) is 2. The van der Waals surface area contributed by atoms with Gasteiger partial charge in [0, 0.05) is 29.7 Å². The zero-order valence-electron chi connectivity index (χ0n) is 14.7. The number of ether oxygens (including phenoxy) is 1. The monoisotopic (exact) mass is 477 g/mol. The van der Waals surface area contributed by atoms with E-state index in [4.69, 9.17) is 27.1 Å². The van der Waals surface area contributed by atoms with Crippen molar-refractivity contribution in [3.63, 3.8) is 0 Å². The molecule has 140 valence electrons. The summed E-state index contributed by atoms with van der Waals surface area (Å²) in [5, 5.41) is 4.22. The molecule has 2 fully saturated rings. The van der Waals surface area contributed by atoms with Gasteiger partial charge in [0.05, 0.1) is 6.54 Å². The molecule has 1 aromatic carbocycles. The summed E-state index contributed by atoms with van der Waals surface area (Å²) in [5.41, 5.74) is 7.27. The number of nitrogens with two attached hydrogens (primary N) is 1. The molecule has 0 spiro atoms. The van der Waals surface area contributed by atoms with Crippen molar-refractivity contribution in [2.45, 2.75) is 56.4 Å². The molecule has 0 aromatic heterocycles. The van der Waals surface area contributed by atoms with Crippen molar-refractivity contribution in [1.82, 2.24) is 5.32 Å². The van der Waals surface area contributed by atoms with E-state index >= 15 is 0 Å². The molecule has 1 saturated carbocycles. The molecule has 0 atom stereocenters. The molecule has 0 amide bonds. The fourth-order valence-corrected chi connectivity index (χ4v) is 4.24. The van der Waals surface area contributed by atoms with Crippen LogP contribution in [0.4, 0.5) is 0 Å². The molecule has 1 aliphatic heterocycles. The Bertz CT molecular complexity index is 570. The fourth-order valence-electron chi connectivity index (χ4n) is 3.90. The van der Waals surface area contributed by atoms with Crippen molar-refractivity contribution < 1.29 is 4.74 Å². The second-order valence-corrected chi connectivity index (χ2v) is 7.46. The van der Waals surface area contributed by atoms with Gasteiger partial charge in [-0.05, 0) is 37.3 Å². The molecule has 0 radical (unpaired) electrons. The summed E-state index contributed by atoms with van der Waals surface area (Å²) >= 11 is 6.48. The second kappa shape index (κ2) is 9.97. The maximum Gasteiger partial charge on any atom is 0.188 e. The average molecular weight is 478 g/mol. The van der Waals surface area contributed by atoms with E-state index in [0.717, 1.165) is 31.1 Å². The highest BCUT2D eigenvalue weighted by Gasteiger charge is 2.36. The first-order valence-corrected chi connectivity index (χ1v) is 9.47. The van der Waals surface area contributed by atoms with Crippen molar-refractivity contribution in [3.05, 3.63) is 34.9 Å². The summed E-state index contributed by atoms with van der Waals surface area (Å²) in [6.45, 7) is 2.15. The third kappa shape index (κ3) is 5.47. The Labute approximate surface area is 173 Å². The number of guanidine groups is 1. The van der Waals surface area contributed by atoms with Gasteiger partial charge in [0.1, 0.15) is 0 Å². The van der Waals surface area contributed by atoms with E-state index in [1.807, 2.05) is 18.2 Å². The van der Waals surface area contributed by atoms with E-state index in [-0.39, 0.29) is 29.4 Å². The van der Waals surface area contributed by atoms with Crippen molar-refractivity contribution in [3.8, 4) is 0 Å². The third-order valence-corrected chi connectivity index (χ3v) is 5.73. The summed E-state index contributed by atoms with van der Waals surface area (Å²) in [5.74, 6) is 0.569. The molecule has 3 N–H and O–H groups in total. The van der Waals surface area contributed by atoms with Crippen LogP contribution in [0.1, 0.15) is 50.5 Å². The zero-order chi connectivity index (χ0) is 16.8. The van der Waals surface area contributed by atoms with Crippen LogP contribution < -0.4 is 11.1 Å². The van der Waals surface area contributed by atoms with E-state index in [1.54, 1.807) is 0 Å². The number of nitrogens with zero attached hydrogens (tertiary/aromatic N) is 1. The Morgan fingerprint density at radius 1 is 1.20 bits per heavy atom. The summed E-state index contributed by atoms with van der Waals surface area (Å²) in [7, 11) is 0. The standard InChI is InChI=1S/C19H28ClN3O.HI/c20-17-9-5-4-8-16(17)19(10-12-24-13-11-19)14-22-18(21)23-15-6-2-1-3-7-15;/h4-5,8-9,15H,1-3,6-7,10-14H2,(H3,21,22,23);1H. The van der Waals surface area contributed by atoms with E-state index in [0.29, 0.717) is 18.5 Å². The predicted molar refractivity (Wildman–Crippen MR) is 115 cm³/mol. The number of aliphatic imine (C=N–C) groups is 1. The van der Waals surface area contributed by atoms with Crippen molar-refractivity contribution in [2.75, 3.05) is 19.8 Å². The Balaban J connectivity index is 0.00000225. The SMILES string of the molecule is I.NC(=NCC1(c2ccccc2Cl)CCOCC1)NC1CCCCC1. The van der Waals surface area contributed by atoms with Gasteiger partial charge in [-0.25, -0.2) is 0 Å². The Morgan fingerprint density at radius 2 is 1.88 bits per heavy atom. The zero-order valence-corrected chi connectivity index (χ0v) is 17.8. The molecule has 6 heteroatoms. The fraction of sp³-hybridized carbons (Fsp3) is 0.632. The summed E-state index contributed by atoms with van der Waals surface area (Å²) in [6.07, 6.45) is 8.15. The van der Waals surface area contributed by atoms with Gasteiger partial charge in [0.2, 0.25) is 0 Å². The molecule has 1 aromatic rings. The van der Waals surface area contributed by atoms with E-state index in [2.05, 4.69) is 11.4 Å². The first kappa shape index (κ1) is 20.8. The quantitative estimate of drug-likeness (QED) is 0.387. The molecule has 1 aliphatic carbocycles. The van der Waals surface area contributed by atoms with Gasteiger partial charge in [-0.2, -0.15) is 0 Å². The Kier molecular flexibility index (Phi) is 8.29. The van der Waals surface area contributed by atoms with Crippen LogP contribution in [0.15, 0.2) is 29.3 Å². The first-order valence-electron chi connectivity index (χ1n) is 9.09. The van der Waals surface area contributed by atoms with E-state index in [1.165, 1.54) is 37.7 Å². The summed E-state index contributed by atoms with van der Waals surface area (Å²) in [6, 6.07) is 8.58. The van der Waals surface area contributed by atoms with E-state index in [9.17, 15) is 0 Å². The Morgan fingerprint density at radius 3 is 2.56 bits per heavy atom. The molecule has 0 unspecified atom stereocenters. The maximum atomic E-state index is 6.48. The molecule has 3 rings (SSSR count). The third-order valence-electron chi connectivity index (χ3n) is 5.40. The smallest absolute Gasteiger partial charge is 0.188 e. The normalized spacial score (nSPS) is 21.4. The highest BCUT2D eigenvalue weighted by molar-refractivity contribution is 14.0. The lowest BCUT2D eigenvalue weighted by atomic mass is 9.74. The van der Waals surface area contributed by atoms with Crippen LogP contribution in [0.3, 0.4) is 0 Å². The minimum Gasteiger partial charge on any atom is -0.381 e. The first-order chi connectivity index (χ1) is 11.7. The van der Waals surface area contributed by atoms with Crippen LogP contribution in [-0.2, 0) is 10.2 Å². The van der Waals surface area contributed by atoms with Gasteiger partial charge >= 0.3 is 0 Å². The lowest BCUT2D eigenvalue weighted by molar-refractivity contribution is 0.0531. The lowest BCUT2D eigenvalue weighted by Crippen LogP contribution is -2.43. The molecule has 4 nitrogen and oxygen atoms in total. The number of benzene rings is 1. The highest BCUT2D eigenvalue weighted by Crippen LogP contribution is 2.38. The predicted octanol–water partition coefficient (Wildman–Crippen LogP) is 4.24. The summed E-state index contributed by atoms with van der Waals surface area (Å²) in [4.78, 5) is 4.70. The highest BCUT2D eigenvalue weighted by atomic mass is 127. The van der Waals surface area contributed by atoms with Crippen LogP contribution >= 0.6 is 35.6 Å². The molecular weight excluding hydrogens is 449 g/mol. The lowest BCUT2D eigenvalue weighted by Gasteiger charge is -2.37. The van der Waals surface area contributed by atoms with Gasteiger partial charge < -0.3 is 15.8 Å². The van der Waals surface area contributed by atoms with Crippen LogP contribution in [-0.4, -0.2) is 31.8 Å². The molecule has 25 heavy (non-hydrogen) atoms. The van der Waals surface area contributed by atoms with Gasteiger partial charge in [-0.1, -0.05) is 49.1 Å². The van der Waals surface area contributed by atoms with Crippen LogP contribution in [0.2, 0.25) is 5.02 Å². The van der Waals surface area contributed by atoms with E-state index < -0.39 is 0 Å². The van der Waals surface area contributed by atoms with Crippen molar-refractivity contribution >= 4 is 41.5 Å². The number of nitrogens with one attached hydrogen (secondary N) is 1. The molecule has 2 aliphatic rings. The Hall–Kier alpha value is -0.530. The molecule has 1 saturated heterocycles. The van der Waals surface area contributed by atoms with Gasteiger partial charge in [0.25, 0.3) is 0 Å². The second-order valence-electron chi connectivity index (χ2n) is 7.05. The van der Waals surface area contributed by atoms with Crippen LogP contribution in [0.5, 0.6) is 0 Å². The summed E-state index contributed by atoms with van der Waals surface area (Å²) < 4.78 is 5.58. The minimum absolute atomic E-state index is 0. The average Bonchev–Trinajstić information content (AvgIpc) is 2.62. The largest absolute Gasteiger partial charge is 0.381 e. The van der Waals surface area contributed by atoms with Crippen molar-refractivity contribution in [2.24, 2.45) is 10.7 Å². The van der Waals surface area contributed by atoms with Crippen LogP contribution in [0, 0.1) is 0 Å². The molecular formula is C19H29ClIN3O. The maximum absolute atomic E-state index is 6.48. The van der Waals surface area contributed by atoms with Gasteiger partial charge in [0.15, 0.2) is 5.96 Å². The topological polar surface area (TPSA) is 59.6 Å². The van der Waals surface area contributed by atoms with Gasteiger partial charge in [-0.3, -0.25) is 4.99 Å². The number of halogens is 2. The number of rotatable bonds is 4. The molecule has 1 heterocycles. The minimum atomic E-state index is -0.0740. The van der Waals surface area contributed by atoms with Crippen molar-refractivity contribution in [1.29, 1.82) is 0 Å².